The highest BCUT2D eigenvalue weighted by molar-refractivity contribution is 8.00. The van der Waals surface area contributed by atoms with Crippen LogP contribution in [0.3, 0.4) is 0 Å². The second kappa shape index (κ2) is 20.1. The van der Waals surface area contributed by atoms with Crippen molar-refractivity contribution >= 4 is 59.2 Å². The van der Waals surface area contributed by atoms with Gasteiger partial charge in [-0.25, -0.2) is 23.3 Å². The van der Waals surface area contributed by atoms with Crippen molar-refractivity contribution in [3.05, 3.63) is 38.7 Å². The van der Waals surface area contributed by atoms with Gasteiger partial charge in [0.1, 0.15) is 12.3 Å². The molecule has 3 saturated heterocycles. The molecule has 10 N–H and O–H groups in total. The van der Waals surface area contributed by atoms with E-state index in [1.165, 1.54) is 12.2 Å². The molecule has 0 saturated carbocycles. The van der Waals surface area contributed by atoms with Crippen LogP contribution in [0.5, 0.6) is 0 Å². The number of amides is 4. The second-order valence-electron chi connectivity index (χ2n) is 12.8. The Balaban J connectivity index is 1.10. The standard InChI is InChI=1S/C28H45N6O17P3S/c35-19-13-24(49-20(19)15-48-53(44,45)51-54(46,47)50-52(41,42)43)34-14-17(26(38)33-28(34)40)7-6-12-30-22(36)9-2-1-5-11-29-23(37)10-4-3-8-21-25-18(16-55-21)31-27(39)32-25/h6-7,14,18-21,24-25,35H,1-5,8-13,15-16H2,(H,29,37)(H,30,36)(H,44,45)(H,46,47)(H2,31,32,39)(H,33,38,40)(H2,41,42,43). The van der Waals surface area contributed by atoms with Gasteiger partial charge in [0.2, 0.25) is 11.8 Å². The Bertz CT molecular complexity index is 1820. The number of unbranched alkanes of at least 4 members (excludes halogenated alkanes) is 3. The highest BCUT2D eigenvalue weighted by Gasteiger charge is 2.44. The monoisotopic (exact) mass is 862 g/mol. The number of aliphatic hydroxyl groups excluding tert-OH is 1. The number of thioether (sulfide) groups is 1. The quantitative estimate of drug-likeness (QED) is 0.0418. The highest BCUT2D eigenvalue weighted by atomic mass is 32.2. The fourth-order valence-electron chi connectivity index (χ4n) is 5.97. The smallest absolute Gasteiger partial charge is 0.390 e. The lowest BCUT2D eigenvalue weighted by molar-refractivity contribution is -0.122. The van der Waals surface area contributed by atoms with Crippen LogP contribution < -0.4 is 32.5 Å². The molecular weight excluding hydrogens is 817 g/mol. The number of fused-ring (bicyclic) bond motifs is 1. The van der Waals surface area contributed by atoms with Gasteiger partial charge in [-0.3, -0.25) is 28.5 Å². The van der Waals surface area contributed by atoms with E-state index < -0.39 is 59.8 Å². The van der Waals surface area contributed by atoms with Crippen LogP contribution in [-0.4, -0.2) is 107 Å². The normalized spacial score (nSPS) is 25.9. The van der Waals surface area contributed by atoms with E-state index in [9.17, 15) is 52.6 Å². The summed E-state index contributed by atoms with van der Waals surface area (Å²) in [5, 5.41) is 22.2. The van der Waals surface area contributed by atoms with Crippen LogP contribution in [0.15, 0.2) is 21.9 Å². The van der Waals surface area contributed by atoms with Crippen LogP contribution in [0.4, 0.5) is 4.79 Å². The average molecular weight is 863 g/mol. The zero-order valence-electron chi connectivity index (χ0n) is 29.2. The lowest BCUT2D eigenvalue weighted by Crippen LogP contribution is -2.36. The van der Waals surface area contributed by atoms with Crippen molar-refractivity contribution < 1.29 is 70.6 Å². The van der Waals surface area contributed by atoms with Crippen LogP contribution >= 0.6 is 35.2 Å². The summed E-state index contributed by atoms with van der Waals surface area (Å²) in [4.78, 5) is 99.0. The molecule has 310 valence electrons. The van der Waals surface area contributed by atoms with E-state index in [0.717, 1.165) is 42.2 Å². The molecule has 4 rings (SSSR count). The van der Waals surface area contributed by atoms with Gasteiger partial charge in [-0.1, -0.05) is 25.0 Å². The van der Waals surface area contributed by atoms with Gasteiger partial charge < -0.3 is 50.7 Å². The van der Waals surface area contributed by atoms with Gasteiger partial charge in [-0.05, 0) is 25.7 Å². The summed E-state index contributed by atoms with van der Waals surface area (Å²) < 4.78 is 52.4. The van der Waals surface area contributed by atoms with Gasteiger partial charge in [0.25, 0.3) is 5.56 Å². The summed E-state index contributed by atoms with van der Waals surface area (Å²) in [5.41, 5.74) is -1.71. The van der Waals surface area contributed by atoms with Crippen molar-refractivity contribution in [2.45, 2.75) is 93.6 Å². The third-order valence-corrected chi connectivity index (χ3v) is 13.8. The topological polar surface area (TPSA) is 343 Å². The largest absolute Gasteiger partial charge is 0.490 e. The molecule has 27 heteroatoms. The zero-order valence-corrected chi connectivity index (χ0v) is 32.7. The summed E-state index contributed by atoms with van der Waals surface area (Å²) in [6, 6.07) is 0.235. The molecule has 4 heterocycles. The van der Waals surface area contributed by atoms with Gasteiger partial charge >= 0.3 is 35.2 Å². The Morgan fingerprint density at radius 3 is 2.40 bits per heavy atom. The van der Waals surface area contributed by atoms with Crippen molar-refractivity contribution in [3.8, 4) is 0 Å². The van der Waals surface area contributed by atoms with E-state index in [-0.39, 0.29) is 54.9 Å². The van der Waals surface area contributed by atoms with Crippen molar-refractivity contribution in [1.82, 2.24) is 30.8 Å². The number of carbonyl (C=O) groups is 3. The number of nitrogens with zero attached hydrogens (tertiary/aromatic N) is 1. The number of H-pyrrole nitrogens is 1. The van der Waals surface area contributed by atoms with E-state index >= 15 is 0 Å². The second-order valence-corrected chi connectivity index (χ2v) is 18.5. The Hall–Kier alpha value is -2.69. The number of phosphoric acid groups is 3. The minimum absolute atomic E-state index is 0.0169. The minimum Gasteiger partial charge on any atom is -0.390 e. The molecule has 23 nitrogen and oxygen atoms in total. The molecule has 4 amide bonds. The Kier molecular flexibility index (Phi) is 16.5. The van der Waals surface area contributed by atoms with Crippen molar-refractivity contribution in [2.24, 2.45) is 0 Å². The van der Waals surface area contributed by atoms with Crippen LogP contribution in [0.25, 0.3) is 6.08 Å². The SMILES string of the molecule is O=C(CCCCCNC(=O)CCCCC1SCC2NC(=O)NC21)NCC=Cc1cn(C2CC(O)C(COP(=O)(O)OP(=O)(O)OP(=O)(O)O)O2)c(=O)[nH]c1=O. The van der Waals surface area contributed by atoms with E-state index in [0.29, 0.717) is 31.1 Å². The van der Waals surface area contributed by atoms with Gasteiger partial charge in [0.05, 0.1) is 30.4 Å². The van der Waals surface area contributed by atoms with Crippen LogP contribution in [0.2, 0.25) is 0 Å². The third kappa shape index (κ3) is 15.0. The summed E-state index contributed by atoms with van der Waals surface area (Å²) >= 11 is 1.85. The van der Waals surface area contributed by atoms with Crippen molar-refractivity contribution in [3.63, 3.8) is 0 Å². The molecule has 0 aliphatic carbocycles. The first kappa shape index (κ1) is 45.0. The van der Waals surface area contributed by atoms with E-state index in [4.69, 9.17) is 14.5 Å². The van der Waals surface area contributed by atoms with Gasteiger partial charge in [-0.15, -0.1) is 0 Å². The number of rotatable bonds is 22. The number of nitrogens with one attached hydrogen (secondary N) is 5. The number of carbonyl (C=O) groups excluding carboxylic acids is 3. The fourth-order valence-corrected chi connectivity index (χ4v) is 10.5. The number of hydrogen-bond donors (Lipinski definition) is 10. The molecule has 1 aromatic rings. The predicted octanol–water partition coefficient (Wildman–Crippen LogP) is 0.0601. The number of urea groups is 1. The molecule has 0 spiro atoms. The molecule has 55 heavy (non-hydrogen) atoms. The first-order valence-electron chi connectivity index (χ1n) is 17.2. The lowest BCUT2D eigenvalue weighted by Gasteiger charge is -2.19. The minimum atomic E-state index is -5.76. The van der Waals surface area contributed by atoms with Gasteiger partial charge in [-0.2, -0.15) is 20.4 Å². The molecule has 3 fully saturated rings. The first-order valence-corrected chi connectivity index (χ1v) is 22.7. The fraction of sp³-hybridized carbons (Fsp3) is 0.679. The molecule has 0 radical (unpaired) electrons. The maximum absolute atomic E-state index is 12.5. The number of ether oxygens (including phenoxy) is 1. The van der Waals surface area contributed by atoms with E-state index in [1.807, 2.05) is 11.8 Å². The average Bonchev–Trinajstić information content (AvgIpc) is 3.74. The Morgan fingerprint density at radius 2 is 1.67 bits per heavy atom. The molecule has 3 aliphatic heterocycles. The molecular formula is C28H45N6O17P3S. The highest BCUT2D eigenvalue weighted by Crippen LogP contribution is 2.66. The summed E-state index contributed by atoms with van der Waals surface area (Å²) in [6.07, 6.45) is 4.94. The number of aliphatic hydroxyl groups is 1. The number of phosphoric ester groups is 1. The molecule has 1 aromatic heterocycles. The van der Waals surface area contributed by atoms with Crippen LogP contribution in [-0.2, 0) is 41.2 Å². The van der Waals surface area contributed by atoms with Crippen molar-refractivity contribution in [1.29, 1.82) is 0 Å². The Labute approximate surface area is 317 Å². The van der Waals surface area contributed by atoms with E-state index in [1.54, 1.807) is 0 Å². The molecule has 0 aromatic carbocycles. The number of aromatic amines is 1. The third-order valence-electron chi connectivity index (χ3n) is 8.53. The summed E-state index contributed by atoms with van der Waals surface area (Å²) in [7, 11) is -16.8. The molecule has 8 unspecified atom stereocenters. The zero-order chi connectivity index (χ0) is 40.4. The molecule has 0 bridgehead atoms. The number of hydrogen-bond acceptors (Lipinski definition) is 14. The maximum Gasteiger partial charge on any atom is 0.490 e. The molecule has 3 aliphatic rings. The van der Waals surface area contributed by atoms with Crippen LogP contribution in [0.1, 0.15) is 69.6 Å². The number of aromatic nitrogens is 2. The molecule has 8 atom stereocenters. The lowest BCUT2D eigenvalue weighted by atomic mass is 10.0. The summed E-state index contributed by atoms with van der Waals surface area (Å²) in [6.45, 7) is -0.388. The summed E-state index contributed by atoms with van der Waals surface area (Å²) in [5.74, 6) is 0.653. The van der Waals surface area contributed by atoms with Gasteiger partial charge in [0.15, 0.2) is 0 Å². The Morgan fingerprint density at radius 1 is 0.964 bits per heavy atom. The van der Waals surface area contributed by atoms with Crippen molar-refractivity contribution in [2.75, 3.05) is 25.4 Å². The van der Waals surface area contributed by atoms with Crippen LogP contribution in [0, 0.1) is 0 Å². The predicted molar refractivity (Wildman–Crippen MR) is 193 cm³/mol. The first-order chi connectivity index (χ1) is 25.8. The maximum atomic E-state index is 12.5. The van der Waals surface area contributed by atoms with E-state index in [2.05, 4.69) is 39.4 Å². The van der Waals surface area contributed by atoms with Gasteiger partial charge in [0, 0.05) is 49.6 Å².